The van der Waals surface area contributed by atoms with Crippen molar-refractivity contribution in [3.63, 3.8) is 0 Å². The third-order valence-corrected chi connectivity index (χ3v) is 9.85. The quantitative estimate of drug-likeness (QED) is 0.155. The van der Waals surface area contributed by atoms with Crippen LogP contribution >= 0.6 is 0 Å². The van der Waals surface area contributed by atoms with Crippen molar-refractivity contribution >= 4 is 38.6 Å². The van der Waals surface area contributed by atoms with Crippen molar-refractivity contribution in [3.05, 3.63) is 212 Å². The van der Waals surface area contributed by atoms with Gasteiger partial charge >= 0.3 is 0 Å². The molecule has 0 aliphatic rings. The zero-order valence-corrected chi connectivity index (χ0v) is 28.2. The van der Waals surface area contributed by atoms with E-state index in [9.17, 15) is 0 Å². The van der Waals surface area contributed by atoms with Gasteiger partial charge in [-0.1, -0.05) is 170 Å². The van der Waals surface area contributed by atoms with E-state index in [1.54, 1.807) is 0 Å². The number of anilines is 3. The van der Waals surface area contributed by atoms with E-state index in [1.807, 2.05) is 0 Å². The minimum Gasteiger partial charge on any atom is -0.311 e. The highest BCUT2D eigenvalue weighted by Crippen LogP contribution is 2.45. The molecular weight excluding hydrogens is 615 g/mol. The summed E-state index contributed by atoms with van der Waals surface area (Å²) in [4.78, 5) is 2.29. The highest BCUT2D eigenvalue weighted by atomic mass is 15.1. The number of hydrogen-bond acceptors (Lipinski definition) is 1. The molecule has 0 aromatic heterocycles. The molecule has 0 bridgehead atoms. The maximum atomic E-state index is 2.39. The molecule has 0 aliphatic carbocycles. The fraction of sp³-hybridized carbons (Fsp3) is 0. The van der Waals surface area contributed by atoms with E-state index < -0.39 is 0 Å². The molecule has 0 atom stereocenters. The predicted molar refractivity (Wildman–Crippen MR) is 218 cm³/mol. The Morgan fingerprint density at radius 3 is 1.04 bits per heavy atom. The van der Waals surface area contributed by atoms with Crippen LogP contribution < -0.4 is 4.90 Å². The third-order valence-electron chi connectivity index (χ3n) is 9.85. The van der Waals surface area contributed by atoms with Gasteiger partial charge in [0.15, 0.2) is 0 Å². The number of benzene rings is 9. The average molecular weight is 650 g/mol. The molecule has 0 amide bonds. The highest BCUT2D eigenvalue weighted by Gasteiger charge is 2.17. The van der Waals surface area contributed by atoms with Crippen LogP contribution in [0.3, 0.4) is 0 Å². The largest absolute Gasteiger partial charge is 0.311 e. The van der Waals surface area contributed by atoms with Gasteiger partial charge in [0.1, 0.15) is 0 Å². The van der Waals surface area contributed by atoms with Crippen LogP contribution in [0.25, 0.3) is 66.1 Å². The highest BCUT2D eigenvalue weighted by molar-refractivity contribution is 6.22. The average Bonchev–Trinajstić information content (AvgIpc) is 3.21. The lowest BCUT2D eigenvalue weighted by Crippen LogP contribution is -2.09. The van der Waals surface area contributed by atoms with Crippen LogP contribution in [0.4, 0.5) is 17.1 Å². The Kier molecular flexibility index (Phi) is 7.92. The fourth-order valence-corrected chi connectivity index (χ4v) is 7.45. The number of para-hydroxylation sites is 2. The Morgan fingerprint density at radius 2 is 0.549 bits per heavy atom. The van der Waals surface area contributed by atoms with Gasteiger partial charge in [-0.3, -0.25) is 0 Å². The number of fused-ring (bicyclic) bond motifs is 2. The maximum absolute atomic E-state index is 2.39. The zero-order valence-electron chi connectivity index (χ0n) is 28.2. The van der Waals surface area contributed by atoms with E-state index in [2.05, 4.69) is 217 Å². The topological polar surface area (TPSA) is 3.24 Å². The molecule has 9 aromatic rings. The van der Waals surface area contributed by atoms with E-state index in [1.165, 1.54) is 66.1 Å². The van der Waals surface area contributed by atoms with E-state index in [0.29, 0.717) is 0 Å². The van der Waals surface area contributed by atoms with Crippen molar-refractivity contribution in [2.45, 2.75) is 0 Å². The summed E-state index contributed by atoms with van der Waals surface area (Å²) < 4.78 is 0. The first-order chi connectivity index (χ1) is 25.3. The summed E-state index contributed by atoms with van der Waals surface area (Å²) in [6.45, 7) is 0. The lowest BCUT2D eigenvalue weighted by Gasteiger charge is -2.25. The molecule has 9 aromatic carbocycles. The smallest absolute Gasteiger partial charge is 0.0462 e. The lowest BCUT2D eigenvalue weighted by atomic mass is 9.85. The molecule has 0 fully saturated rings. The van der Waals surface area contributed by atoms with Crippen LogP contribution in [0.15, 0.2) is 212 Å². The molecule has 51 heavy (non-hydrogen) atoms. The van der Waals surface area contributed by atoms with Crippen molar-refractivity contribution in [2.24, 2.45) is 0 Å². The zero-order chi connectivity index (χ0) is 34.0. The first kappa shape index (κ1) is 30.4. The van der Waals surface area contributed by atoms with Gasteiger partial charge in [-0.05, 0) is 109 Å². The molecule has 0 heterocycles. The van der Waals surface area contributed by atoms with E-state index in [4.69, 9.17) is 0 Å². The molecule has 0 saturated heterocycles. The van der Waals surface area contributed by atoms with Crippen LogP contribution in [0, 0.1) is 0 Å². The Hall–Kier alpha value is -6.70. The molecule has 1 heteroatoms. The van der Waals surface area contributed by atoms with Gasteiger partial charge in [-0.2, -0.15) is 0 Å². The van der Waals surface area contributed by atoms with E-state index >= 15 is 0 Å². The number of rotatable bonds is 7. The summed E-state index contributed by atoms with van der Waals surface area (Å²) in [5, 5.41) is 5.06. The van der Waals surface area contributed by atoms with Crippen LogP contribution in [-0.2, 0) is 0 Å². The second kappa shape index (κ2) is 13.3. The Balaban J connectivity index is 1.11. The van der Waals surface area contributed by atoms with E-state index in [-0.39, 0.29) is 0 Å². The van der Waals surface area contributed by atoms with Gasteiger partial charge in [0.05, 0.1) is 0 Å². The van der Waals surface area contributed by atoms with Gasteiger partial charge < -0.3 is 4.90 Å². The summed E-state index contributed by atoms with van der Waals surface area (Å²) in [5.41, 5.74) is 13.2. The van der Waals surface area contributed by atoms with Crippen LogP contribution in [0.2, 0.25) is 0 Å². The molecule has 9 rings (SSSR count). The van der Waals surface area contributed by atoms with Crippen molar-refractivity contribution in [3.8, 4) is 44.5 Å². The molecule has 0 radical (unpaired) electrons. The molecule has 240 valence electrons. The van der Waals surface area contributed by atoms with Crippen LogP contribution in [-0.4, -0.2) is 0 Å². The van der Waals surface area contributed by atoms with E-state index in [0.717, 1.165) is 17.1 Å². The third kappa shape index (κ3) is 5.75. The molecule has 0 saturated carbocycles. The van der Waals surface area contributed by atoms with Gasteiger partial charge in [0, 0.05) is 17.1 Å². The van der Waals surface area contributed by atoms with Gasteiger partial charge in [0.25, 0.3) is 0 Å². The summed E-state index contributed by atoms with van der Waals surface area (Å²) in [6, 6.07) is 76.4. The maximum Gasteiger partial charge on any atom is 0.0462 e. The Morgan fingerprint density at radius 1 is 0.216 bits per heavy atom. The first-order valence-corrected chi connectivity index (χ1v) is 17.5. The number of nitrogens with zero attached hydrogens (tertiary/aromatic N) is 1. The Bertz CT molecular complexity index is 2540. The van der Waals surface area contributed by atoms with Crippen molar-refractivity contribution < 1.29 is 0 Å². The normalized spacial score (nSPS) is 11.1. The monoisotopic (exact) mass is 649 g/mol. The summed E-state index contributed by atoms with van der Waals surface area (Å²) in [5.74, 6) is 0. The molecule has 1 nitrogen and oxygen atoms in total. The van der Waals surface area contributed by atoms with Crippen LogP contribution in [0.5, 0.6) is 0 Å². The lowest BCUT2D eigenvalue weighted by molar-refractivity contribution is 1.28. The van der Waals surface area contributed by atoms with Crippen molar-refractivity contribution in [2.75, 3.05) is 4.90 Å². The first-order valence-electron chi connectivity index (χ1n) is 17.5. The second-order valence-electron chi connectivity index (χ2n) is 12.9. The number of hydrogen-bond donors (Lipinski definition) is 0. The molecule has 0 N–H and O–H groups in total. The summed E-state index contributed by atoms with van der Waals surface area (Å²) in [6.07, 6.45) is 0. The molecule has 0 spiro atoms. The van der Waals surface area contributed by atoms with Crippen LogP contribution in [0.1, 0.15) is 0 Å². The van der Waals surface area contributed by atoms with Crippen molar-refractivity contribution in [1.82, 2.24) is 0 Å². The fourth-order valence-electron chi connectivity index (χ4n) is 7.45. The van der Waals surface area contributed by atoms with Gasteiger partial charge in [-0.25, -0.2) is 0 Å². The minimum absolute atomic E-state index is 1.13. The second-order valence-corrected chi connectivity index (χ2v) is 12.9. The minimum atomic E-state index is 1.13. The van der Waals surface area contributed by atoms with Gasteiger partial charge in [-0.15, -0.1) is 0 Å². The predicted octanol–water partition coefficient (Wildman–Crippen LogP) is 14.1. The summed E-state index contributed by atoms with van der Waals surface area (Å²) >= 11 is 0. The molecular formula is C50H35N. The molecule has 0 unspecified atom stereocenters. The van der Waals surface area contributed by atoms with Gasteiger partial charge in [0.2, 0.25) is 0 Å². The SMILES string of the molecule is c1ccc(-c2c3ccccc3c(-c3ccccc3)c3cc(-c4ccc(-c5ccc(N(c6ccccc6)c6ccccc6)cc5)cc4)ccc23)cc1. The Labute approximate surface area is 299 Å². The summed E-state index contributed by atoms with van der Waals surface area (Å²) in [7, 11) is 0. The molecule has 0 aliphatic heterocycles. The van der Waals surface area contributed by atoms with Crippen molar-refractivity contribution in [1.29, 1.82) is 0 Å². The standard InChI is InChI=1S/C50H35N/c1-5-15-39(16-6-1)49-45-23-13-14-24-46(45)50(40-17-7-2-8-18-40)48-35-41(31-34-47(48)49)38-27-25-36(26-28-38)37-29-32-44(33-30-37)51(42-19-9-3-10-20-42)43-21-11-4-12-22-43/h1-35H.